The lowest BCUT2D eigenvalue weighted by molar-refractivity contribution is -0.131. The summed E-state index contributed by atoms with van der Waals surface area (Å²) in [6, 6.07) is 0. The largest absolute Gasteiger partial charge is 0.409 e. The van der Waals surface area contributed by atoms with Gasteiger partial charge in [0.2, 0.25) is 11.8 Å². The zero-order chi connectivity index (χ0) is 12.9. The Bertz CT molecular complexity index is 312. The second kappa shape index (κ2) is 5.34. The summed E-state index contributed by atoms with van der Waals surface area (Å²) in [4.78, 5) is 22.7. The summed E-state index contributed by atoms with van der Waals surface area (Å²) >= 11 is 0. The maximum atomic E-state index is 11.7. The van der Waals surface area contributed by atoms with E-state index in [0.717, 1.165) is 0 Å². The first-order chi connectivity index (χ1) is 7.26. The summed E-state index contributed by atoms with van der Waals surface area (Å²) in [5.74, 6) is -2.12. The van der Waals surface area contributed by atoms with Crippen LogP contribution in [0, 0.1) is 5.92 Å². The van der Waals surface area contributed by atoms with Crippen LogP contribution in [0.3, 0.4) is 0 Å². The van der Waals surface area contributed by atoms with Crippen LogP contribution < -0.4 is 16.8 Å². The number of carbonyl (C=O) groups is 2. The molecule has 0 aromatic rings. The predicted octanol–water partition coefficient (Wildman–Crippen LogP) is -0.861. The Morgan fingerprint density at radius 3 is 2.25 bits per heavy atom. The van der Waals surface area contributed by atoms with Gasteiger partial charge in [-0.15, -0.1) is 0 Å². The highest BCUT2D eigenvalue weighted by Gasteiger charge is 2.31. The molecule has 16 heavy (non-hydrogen) atoms. The molecule has 0 rings (SSSR count). The average Bonchev–Trinajstić information content (AvgIpc) is 2.17. The third-order valence-corrected chi connectivity index (χ3v) is 2.25. The van der Waals surface area contributed by atoms with E-state index in [-0.39, 0.29) is 5.84 Å². The minimum absolute atomic E-state index is 0.194. The molecule has 0 aliphatic heterocycles. The van der Waals surface area contributed by atoms with Crippen molar-refractivity contribution in [3.8, 4) is 0 Å². The first-order valence-corrected chi connectivity index (χ1v) is 4.85. The van der Waals surface area contributed by atoms with Crippen LogP contribution in [0.5, 0.6) is 0 Å². The molecule has 0 saturated heterocycles. The summed E-state index contributed by atoms with van der Waals surface area (Å²) < 4.78 is 0. The fourth-order valence-electron chi connectivity index (χ4n) is 1.06. The molecule has 0 aromatic carbocycles. The predicted molar refractivity (Wildman–Crippen MR) is 58.6 cm³/mol. The van der Waals surface area contributed by atoms with Crippen molar-refractivity contribution in [2.45, 2.75) is 32.7 Å². The number of hydrogen-bond donors (Lipinski definition) is 4. The SMILES string of the molecule is CCC(C(=O)NC(C)(C)C(N)=O)C(N)=NO. The smallest absolute Gasteiger partial charge is 0.242 e. The monoisotopic (exact) mass is 230 g/mol. The summed E-state index contributed by atoms with van der Waals surface area (Å²) in [5, 5.41) is 13.7. The molecule has 6 N–H and O–H groups in total. The van der Waals surface area contributed by atoms with Gasteiger partial charge in [0, 0.05) is 0 Å². The maximum absolute atomic E-state index is 11.7. The van der Waals surface area contributed by atoms with Crippen molar-refractivity contribution in [2.75, 3.05) is 0 Å². The Labute approximate surface area is 93.9 Å². The molecule has 7 nitrogen and oxygen atoms in total. The Hall–Kier alpha value is -1.79. The van der Waals surface area contributed by atoms with Gasteiger partial charge in [0.05, 0.1) is 5.92 Å². The molecule has 0 aliphatic carbocycles. The van der Waals surface area contributed by atoms with Crippen LogP contribution in [0.2, 0.25) is 0 Å². The minimum atomic E-state index is -1.17. The van der Waals surface area contributed by atoms with E-state index in [1.807, 2.05) is 0 Å². The molecule has 0 bridgehead atoms. The van der Waals surface area contributed by atoms with Gasteiger partial charge in [-0.25, -0.2) is 0 Å². The number of carbonyl (C=O) groups excluding carboxylic acids is 2. The molecule has 1 unspecified atom stereocenters. The lowest BCUT2D eigenvalue weighted by Crippen LogP contribution is -2.55. The molecule has 0 aliphatic rings. The van der Waals surface area contributed by atoms with Crippen LogP contribution in [0.1, 0.15) is 27.2 Å². The fourth-order valence-corrected chi connectivity index (χ4v) is 1.06. The molecule has 0 spiro atoms. The minimum Gasteiger partial charge on any atom is -0.409 e. The molecule has 0 aromatic heterocycles. The van der Waals surface area contributed by atoms with Crippen molar-refractivity contribution in [1.29, 1.82) is 0 Å². The van der Waals surface area contributed by atoms with Gasteiger partial charge >= 0.3 is 0 Å². The number of amides is 2. The number of nitrogens with one attached hydrogen (secondary N) is 1. The average molecular weight is 230 g/mol. The van der Waals surface area contributed by atoms with Gasteiger partial charge in [-0.2, -0.15) is 0 Å². The lowest BCUT2D eigenvalue weighted by atomic mass is 10.00. The molecule has 0 heterocycles. The molecule has 92 valence electrons. The standard InChI is InChI=1S/C9H18N4O3/c1-4-5(6(10)13-16)7(14)12-9(2,3)8(11)15/h5,16H,4H2,1-3H3,(H2,10,13)(H2,11,15)(H,12,14). The first-order valence-electron chi connectivity index (χ1n) is 4.85. The van der Waals surface area contributed by atoms with Crippen LogP contribution in [0.4, 0.5) is 0 Å². The summed E-state index contributed by atoms with van der Waals surface area (Å²) in [7, 11) is 0. The van der Waals surface area contributed by atoms with Crippen molar-refractivity contribution in [3.05, 3.63) is 0 Å². The highest BCUT2D eigenvalue weighted by Crippen LogP contribution is 2.07. The highest BCUT2D eigenvalue weighted by molar-refractivity contribution is 6.03. The zero-order valence-corrected chi connectivity index (χ0v) is 9.65. The third kappa shape index (κ3) is 3.41. The van der Waals surface area contributed by atoms with E-state index in [1.165, 1.54) is 13.8 Å². The van der Waals surface area contributed by atoms with Gasteiger partial charge in [-0.1, -0.05) is 12.1 Å². The Kier molecular flexibility index (Phi) is 4.74. The van der Waals surface area contributed by atoms with Crippen molar-refractivity contribution in [3.63, 3.8) is 0 Å². The highest BCUT2D eigenvalue weighted by atomic mass is 16.4. The molecule has 1 atom stereocenters. The van der Waals surface area contributed by atoms with Gasteiger partial charge in [0.15, 0.2) is 5.84 Å². The number of nitrogens with zero attached hydrogens (tertiary/aromatic N) is 1. The van der Waals surface area contributed by atoms with Crippen LogP contribution >= 0.6 is 0 Å². The van der Waals surface area contributed by atoms with Gasteiger partial charge in [-0.3, -0.25) is 9.59 Å². The number of hydrogen-bond acceptors (Lipinski definition) is 4. The molecule has 7 heteroatoms. The molecule has 0 radical (unpaired) electrons. The lowest BCUT2D eigenvalue weighted by Gasteiger charge is -2.24. The van der Waals surface area contributed by atoms with Gasteiger partial charge < -0.3 is 22.0 Å². The van der Waals surface area contributed by atoms with Gasteiger partial charge in [0.25, 0.3) is 0 Å². The van der Waals surface area contributed by atoms with Crippen molar-refractivity contribution < 1.29 is 14.8 Å². The summed E-state index contributed by atoms with van der Waals surface area (Å²) in [6.07, 6.45) is 0.358. The number of nitrogens with two attached hydrogens (primary N) is 2. The number of amidine groups is 1. The van der Waals surface area contributed by atoms with E-state index < -0.39 is 23.3 Å². The van der Waals surface area contributed by atoms with Crippen LogP contribution in [0.25, 0.3) is 0 Å². The maximum Gasteiger partial charge on any atom is 0.242 e. The summed E-state index contributed by atoms with van der Waals surface area (Å²) in [6.45, 7) is 4.66. The topological polar surface area (TPSA) is 131 Å². The Morgan fingerprint density at radius 2 is 1.94 bits per heavy atom. The second-order valence-corrected chi connectivity index (χ2v) is 3.96. The van der Waals surface area contributed by atoms with Gasteiger partial charge in [-0.05, 0) is 20.3 Å². The Morgan fingerprint density at radius 1 is 1.44 bits per heavy atom. The quantitative estimate of drug-likeness (QED) is 0.212. The molecule has 0 saturated carbocycles. The number of rotatable bonds is 5. The van der Waals surface area contributed by atoms with Crippen molar-refractivity contribution >= 4 is 17.6 Å². The van der Waals surface area contributed by atoms with Crippen LogP contribution in [-0.4, -0.2) is 28.4 Å². The Balaban J connectivity index is 4.75. The molecular formula is C9H18N4O3. The van der Waals surface area contributed by atoms with Crippen molar-refractivity contribution in [1.82, 2.24) is 5.32 Å². The molecule has 2 amide bonds. The number of primary amides is 1. The third-order valence-electron chi connectivity index (χ3n) is 2.25. The van der Waals surface area contributed by atoms with E-state index in [0.29, 0.717) is 6.42 Å². The van der Waals surface area contributed by atoms with Crippen molar-refractivity contribution in [2.24, 2.45) is 22.5 Å². The van der Waals surface area contributed by atoms with Crippen LogP contribution in [-0.2, 0) is 9.59 Å². The number of oxime groups is 1. The zero-order valence-electron chi connectivity index (χ0n) is 9.65. The van der Waals surface area contributed by atoms with E-state index in [1.54, 1.807) is 6.92 Å². The first kappa shape index (κ1) is 14.2. The van der Waals surface area contributed by atoms with E-state index in [9.17, 15) is 9.59 Å². The molecule has 0 fully saturated rings. The van der Waals surface area contributed by atoms with E-state index >= 15 is 0 Å². The second-order valence-electron chi connectivity index (χ2n) is 3.96. The summed E-state index contributed by atoms with van der Waals surface area (Å²) in [5.41, 5.74) is 9.28. The van der Waals surface area contributed by atoms with Crippen LogP contribution in [0.15, 0.2) is 5.16 Å². The van der Waals surface area contributed by atoms with E-state index in [2.05, 4.69) is 10.5 Å². The van der Waals surface area contributed by atoms with E-state index in [4.69, 9.17) is 16.7 Å². The fraction of sp³-hybridized carbons (Fsp3) is 0.667. The normalized spacial score (nSPS) is 14.3. The molecular weight excluding hydrogens is 212 g/mol. The van der Waals surface area contributed by atoms with Gasteiger partial charge in [0.1, 0.15) is 5.54 Å².